The third-order valence-corrected chi connectivity index (χ3v) is 5.31. The molecular formula is C23H23F7N2O2. The normalized spacial score (nSPS) is 13.4. The molecule has 2 rings (SSSR count). The molecule has 0 aliphatic heterocycles. The summed E-state index contributed by atoms with van der Waals surface area (Å²) in [6, 6.07) is 6.69. The Morgan fingerprint density at radius 1 is 0.941 bits per heavy atom. The van der Waals surface area contributed by atoms with Gasteiger partial charge in [-0.15, -0.1) is 0 Å². The van der Waals surface area contributed by atoms with E-state index >= 15 is 0 Å². The number of benzene rings is 2. The van der Waals surface area contributed by atoms with Crippen LogP contribution in [0.25, 0.3) is 0 Å². The molecule has 0 spiro atoms. The molecule has 34 heavy (non-hydrogen) atoms. The van der Waals surface area contributed by atoms with Crippen molar-refractivity contribution in [3.05, 3.63) is 64.2 Å². The summed E-state index contributed by atoms with van der Waals surface area (Å²) >= 11 is 0. The van der Waals surface area contributed by atoms with E-state index in [1.54, 1.807) is 19.1 Å². The topological polar surface area (TPSA) is 58.2 Å². The van der Waals surface area contributed by atoms with E-state index in [-0.39, 0.29) is 40.7 Å². The zero-order chi connectivity index (χ0) is 26.1. The highest BCUT2D eigenvalue weighted by Gasteiger charge is 2.73. The van der Waals surface area contributed by atoms with Crippen molar-refractivity contribution in [3.8, 4) is 0 Å². The average Bonchev–Trinajstić information content (AvgIpc) is 2.72. The summed E-state index contributed by atoms with van der Waals surface area (Å²) in [5.74, 6) is -0.906. The van der Waals surface area contributed by atoms with Gasteiger partial charge in [0.2, 0.25) is 5.91 Å². The molecule has 0 saturated heterocycles. The lowest BCUT2D eigenvalue weighted by atomic mass is 9.89. The zero-order valence-electron chi connectivity index (χ0n) is 18.7. The molecule has 0 aromatic heterocycles. The minimum atomic E-state index is -6.23. The third kappa shape index (κ3) is 5.34. The van der Waals surface area contributed by atoms with Crippen LogP contribution in [-0.4, -0.2) is 24.2 Å². The van der Waals surface area contributed by atoms with E-state index in [0.717, 1.165) is 0 Å². The van der Waals surface area contributed by atoms with Crippen LogP contribution in [0.2, 0.25) is 0 Å². The first kappa shape index (κ1) is 27.1. The van der Waals surface area contributed by atoms with Gasteiger partial charge in [-0.05, 0) is 55.2 Å². The summed E-state index contributed by atoms with van der Waals surface area (Å²) in [5, 5.41) is 5.17. The minimum absolute atomic E-state index is 0.00126. The molecule has 2 amide bonds. The van der Waals surface area contributed by atoms with Crippen LogP contribution < -0.4 is 10.6 Å². The number of halogens is 7. The lowest BCUT2D eigenvalue weighted by Crippen LogP contribution is -2.50. The Morgan fingerprint density at radius 3 is 1.91 bits per heavy atom. The average molecular weight is 492 g/mol. The van der Waals surface area contributed by atoms with Crippen molar-refractivity contribution < 1.29 is 40.3 Å². The summed E-state index contributed by atoms with van der Waals surface area (Å²) in [5.41, 5.74) is -6.54. The van der Waals surface area contributed by atoms with Crippen molar-refractivity contribution in [2.75, 3.05) is 5.32 Å². The lowest BCUT2D eigenvalue weighted by Gasteiger charge is -2.31. The SMILES string of the molecule is CCc1cc(C(F)(C(F)(F)F)C(F)(F)F)cc(C)c1NC(=O)c1ccc(C(C)NC(C)=O)cc1. The standard InChI is InChI=1S/C23H23F7N2O2/c1-5-15-11-18(21(24,22(25,26)27)23(28,29)30)10-12(2)19(15)32-20(34)17-8-6-16(7-9-17)13(3)31-14(4)33/h6-11,13H,5H2,1-4H3,(H,31,33)(H,32,34). The number of carbonyl (C=O) groups excluding carboxylic acids is 2. The summed E-state index contributed by atoms with van der Waals surface area (Å²) < 4.78 is 93.5. The highest BCUT2D eigenvalue weighted by atomic mass is 19.4. The number of amides is 2. The van der Waals surface area contributed by atoms with E-state index in [9.17, 15) is 40.3 Å². The molecule has 1 unspecified atom stereocenters. The molecule has 1 atom stereocenters. The van der Waals surface area contributed by atoms with Crippen LogP contribution in [-0.2, 0) is 16.9 Å². The molecule has 186 valence electrons. The van der Waals surface area contributed by atoms with Crippen molar-refractivity contribution in [2.45, 2.75) is 58.2 Å². The maximum absolute atomic E-state index is 14.5. The maximum Gasteiger partial charge on any atom is 0.435 e. The van der Waals surface area contributed by atoms with E-state index in [1.807, 2.05) is 0 Å². The maximum atomic E-state index is 14.5. The number of hydrogen-bond donors (Lipinski definition) is 2. The molecule has 2 N–H and O–H groups in total. The molecule has 0 aliphatic rings. The number of rotatable bonds is 6. The van der Waals surface area contributed by atoms with Gasteiger partial charge in [-0.1, -0.05) is 25.1 Å². The molecule has 2 aromatic carbocycles. The van der Waals surface area contributed by atoms with Crippen molar-refractivity contribution in [3.63, 3.8) is 0 Å². The van der Waals surface area contributed by atoms with E-state index in [0.29, 0.717) is 17.7 Å². The smallest absolute Gasteiger partial charge is 0.350 e. The number of alkyl halides is 7. The fourth-order valence-corrected chi connectivity index (χ4v) is 3.50. The Balaban J connectivity index is 2.41. The first-order valence-corrected chi connectivity index (χ1v) is 10.2. The summed E-state index contributed by atoms with van der Waals surface area (Å²) in [6.45, 7) is 5.73. The van der Waals surface area contributed by atoms with Crippen molar-refractivity contribution >= 4 is 17.5 Å². The van der Waals surface area contributed by atoms with Gasteiger partial charge in [0.05, 0.1) is 6.04 Å². The zero-order valence-corrected chi connectivity index (χ0v) is 18.7. The lowest BCUT2D eigenvalue weighted by molar-refractivity contribution is -0.348. The van der Waals surface area contributed by atoms with Crippen LogP contribution >= 0.6 is 0 Å². The fraction of sp³-hybridized carbons (Fsp3) is 0.391. The minimum Gasteiger partial charge on any atom is -0.350 e. The van der Waals surface area contributed by atoms with E-state index in [2.05, 4.69) is 10.6 Å². The van der Waals surface area contributed by atoms with Gasteiger partial charge in [0, 0.05) is 23.7 Å². The molecule has 0 fully saturated rings. The number of aryl methyl sites for hydroxylation is 2. The van der Waals surface area contributed by atoms with Gasteiger partial charge < -0.3 is 10.6 Å². The number of anilines is 1. The van der Waals surface area contributed by atoms with Crippen LogP contribution in [0, 0.1) is 6.92 Å². The Bertz CT molecular complexity index is 1050. The highest BCUT2D eigenvalue weighted by molar-refractivity contribution is 6.05. The Kier molecular flexibility index (Phi) is 7.69. The molecule has 0 aliphatic carbocycles. The number of carbonyl (C=O) groups is 2. The Hall–Kier alpha value is -3.11. The van der Waals surface area contributed by atoms with Crippen molar-refractivity contribution in [2.24, 2.45) is 0 Å². The van der Waals surface area contributed by atoms with Crippen LogP contribution in [0.15, 0.2) is 36.4 Å². The van der Waals surface area contributed by atoms with Crippen molar-refractivity contribution in [1.29, 1.82) is 0 Å². The van der Waals surface area contributed by atoms with Gasteiger partial charge in [-0.25, -0.2) is 4.39 Å². The van der Waals surface area contributed by atoms with E-state index < -0.39 is 29.5 Å². The monoisotopic (exact) mass is 492 g/mol. The number of hydrogen-bond acceptors (Lipinski definition) is 2. The molecular weight excluding hydrogens is 469 g/mol. The second-order valence-electron chi connectivity index (χ2n) is 7.83. The molecule has 2 aromatic rings. The van der Waals surface area contributed by atoms with Gasteiger partial charge in [-0.3, -0.25) is 9.59 Å². The molecule has 0 bridgehead atoms. The molecule has 0 radical (unpaired) electrons. The second-order valence-corrected chi connectivity index (χ2v) is 7.83. The van der Waals surface area contributed by atoms with Crippen LogP contribution in [0.3, 0.4) is 0 Å². The fourth-order valence-electron chi connectivity index (χ4n) is 3.50. The van der Waals surface area contributed by atoms with E-state index in [4.69, 9.17) is 0 Å². The molecule has 11 heteroatoms. The first-order valence-electron chi connectivity index (χ1n) is 10.2. The van der Waals surface area contributed by atoms with Gasteiger partial charge in [0.1, 0.15) is 0 Å². The highest BCUT2D eigenvalue weighted by Crippen LogP contribution is 2.53. The Morgan fingerprint density at radius 2 is 1.47 bits per heavy atom. The third-order valence-electron chi connectivity index (χ3n) is 5.31. The predicted octanol–water partition coefficient (Wildman–Crippen LogP) is 6.30. The summed E-state index contributed by atoms with van der Waals surface area (Å²) in [6.07, 6.45) is -12.5. The molecule has 0 heterocycles. The summed E-state index contributed by atoms with van der Waals surface area (Å²) in [4.78, 5) is 23.8. The van der Waals surface area contributed by atoms with Crippen LogP contribution in [0.4, 0.5) is 36.4 Å². The van der Waals surface area contributed by atoms with Gasteiger partial charge in [0.25, 0.3) is 5.91 Å². The summed E-state index contributed by atoms with van der Waals surface area (Å²) in [7, 11) is 0. The van der Waals surface area contributed by atoms with E-state index in [1.165, 1.54) is 32.9 Å². The van der Waals surface area contributed by atoms with Gasteiger partial charge in [0.15, 0.2) is 0 Å². The molecule has 4 nitrogen and oxygen atoms in total. The van der Waals surface area contributed by atoms with Gasteiger partial charge in [-0.2, -0.15) is 26.3 Å². The Labute approximate surface area is 191 Å². The van der Waals surface area contributed by atoms with Gasteiger partial charge >= 0.3 is 18.0 Å². The number of nitrogens with one attached hydrogen (secondary N) is 2. The quantitative estimate of drug-likeness (QED) is 0.466. The second kappa shape index (κ2) is 9.63. The largest absolute Gasteiger partial charge is 0.435 e. The first-order chi connectivity index (χ1) is 15.5. The van der Waals surface area contributed by atoms with Crippen LogP contribution in [0.1, 0.15) is 59.4 Å². The van der Waals surface area contributed by atoms with Crippen molar-refractivity contribution in [1.82, 2.24) is 5.32 Å². The predicted molar refractivity (Wildman–Crippen MR) is 112 cm³/mol. The molecule has 0 saturated carbocycles. The van der Waals surface area contributed by atoms with Crippen LogP contribution in [0.5, 0.6) is 0 Å².